The average Bonchev–Trinajstić information content (AvgIpc) is 2.61. The monoisotopic (exact) mass is 206 g/mol. The highest BCUT2D eigenvalue weighted by Crippen LogP contribution is 2.32. The second-order valence-electron chi connectivity index (χ2n) is 3.22. The van der Waals surface area contributed by atoms with Crippen LogP contribution >= 0.6 is 11.3 Å². The van der Waals surface area contributed by atoms with Gasteiger partial charge >= 0.3 is 0 Å². The minimum Gasteiger partial charge on any atom is -0.245 e. The third kappa shape index (κ3) is 1.58. The summed E-state index contributed by atoms with van der Waals surface area (Å²) in [5.74, 6) is 0. The van der Waals surface area contributed by atoms with Crippen LogP contribution in [0.1, 0.15) is 10.4 Å². The molecular formula is C12H11FS. The Hall–Kier alpha value is -1.15. The molecule has 0 unspecified atom stereocenters. The lowest BCUT2D eigenvalue weighted by molar-refractivity contribution is 0.492. The Morgan fingerprint density at radius 1 is 1.21 bits per heavy atom. The molecule has 0 fully saturated rings. The number of alkyl halides is 1. The first-order valence-corrected chi connectivity index (χ1v) is 5.39. The van der Waals surface area contributed by atoms with E-state index < -0.39 is 0 Å². The van der Waals surface area contributed by atoms with Gasteiger partial charge < -0.3 is 0 Å². The molecule has 0 radical (unpaired) electrons. The molecule has 0 amide bonds. The second kappa shape index (κ2) is 3.93. The van der Waals surface area contributed by atoms with E-state index in [2.05, 4.69) is 0 Å². The van der Waals surface area contributed by atoms with Crippen molar-refractivity contribution >= 4 is 11.3 Å². The summed E-state index contributed by atoms with van der Waals surface area (Å²) >= 11 is 1.50. The number of aryl methyl sites for hydroxylation is 1. The molecule has 0 atom stereocenters. The molecule has 0 saturated carbocycles. The lowest BCUT2D eigenvalue weighted by atomic mass is 10.0. The molecule has 14 heavy (non-hydrogen) atoms. The van der Waals surface area contributed by atoms with Gasteiger partial charge in [0.2, 0.25) is 0 Å². The molecule has 1 aromatic heterocycles. The Kier molecular flexibility index (Phi) is 2.64. The van der Waals surface area contributed by atoms with Gasteiger partial charge in [0.15, 0.2) is 0 Å². The van der Waals surface area contributed by atoms with Crippen molar-refractivity contribution in [3.8, 4) is 11.1 Å². The highest BCUT2D eigenvalue weighted by molar-refractivity contribution is 7.10. The van der Waals surface area contributed by atoms with Crippen LogP contribution in [0.3, 0.4) is 0 Å². The number of halogens is 1. The summed E-state index contributed by atoms with van der Waals surface area (Å²) < 4.78 is 12.7. The van der Waals surface area contributed by atoms with Crippen LogP contribution in [0.2, 0.25) is 0 Å². The minimum atomic E-state index is -0.372. The zero-order chi connectivity index (χ0) is 9.97. The maximum Gasteiger partial charge on any atom is 0.124 e. The molecule has 0 aliphatic carbocycles. The van der Waals surface area contributed by atoms with Crippen LogP contribution < -0.4 is 0 Å². The van der Waals surface area contributed by atoms with Gasteiger partial charge in [0.1, 0.15) is 6.67 Å². The van der Waals surface area contributed by atoms with Crippen LogP contribution in [0.5, 0.6) is 0 Å². The number of hydrogen-bond acceptors (Lipinski definition) is 1. The molecule has 0 spiro atoms. The molecular weight excluding hydrogens is 195 g/mol. The molecule has 2 aromatic rings. The normalized spacial score (nSPS) is 10.4. The van der Waals surface area contributed by atoms with Gasteiger partial charge in [-0.3, -0.25) is 0 Å². The Morgan fingerprint density at radius 3 is 2.57 bits per heavy atom. The Labute approximate surface area is 87.0 Å². The Morgan fingerprint density at radius 2 is 1.93 bits per heavy atom. The van der Waals surface area contributed by atoms with Gasteiger partial charge in [-0.25, -0.2) is 4.39 Å². The van der Waals surface area contributed by atoms with E-state index in [-0.39, 0.29) is 6.67 Å². The molecule has 1 heterocycles. The number of thiophene rings is 1. The highest BCUT2D eigenvalue weighted by atomic mass is 32.1. The molecule has 72 valence electrons. The van der Waals surface area contributed by atoms with Crippen LogP contribution in [0.15, 0.2) is 35.7 Å². The molecule has 0 nitrogen and oxygen atoms in total. The number of rotatable bonds is 2. The summed E-state index contributed by atoms with van der Waals surface area (Å²) in [5.41, 5.74) is 3.34. The average molecular weight is 206 g/mol. The van der Waals surface area contributed by atoms with Gasteiger partial charge in [-0.2, -0.15) is 0 Å². The summed E-state index contributed by atoms with van der Waals surface area (Å²) in [4.78, 5) is 0.828. The molecule has 2 rings (SSSR count). The van der Waals surface area contributed by atoms with Gasteiger partial charge in [0.25, 0.3) is 0 Å². The first-order valence-electron chi connectivity index (χ1n) is 4.51. The minimum absolute atomic E-state index is 0.372. The Balaban J connectivity index is 2.55. The maximum absolute atomic E-state index is 12.7. The van der Waals surface area contributed by atoms with Crippen molar-refractivity contribution in [3.05, 3.63) is 46.2 Å². The van der Waals surface area contributed by atoms with E-state index in [1.54, 1.807) is 0 Å². The van der Waals surface area contributed by atoms with Crippen LogP contribution in [0.25, 0.3) is 11.1 Å². The third-order valence-corrected chi connectivity index (χ3v) is 3.30. The molecule has 0 N–H and O–H groups in total. The molecule has 0 aliphatic rings. The highest BCUT2D eigenvalue weighted by Gasteiger charge is 2.09. The Bertz CT molecular complexity index is 417. The van der Waals surface area contributed by atoms with Gasteiger partial charge in [-0.1, -0.05) is 30.3 Å². The SMILES string of the molecule is Cc1csc(CF)c1-c1ccccc1. The van der Waals surface area contributed by atoms with E-state index in [1.165, 1.54) is 11.3 Å². The van der Waals surface area contributed by atoms with Crippen LogP contribution in [-0.4, -0.2) is 0 Å². The largest absolute Gasteiger partial charge is 0.245 e. The second-order valence-corrected chi connectivity index (χ2v) is 4.18. The van der Waals surface area contributed by atoms with Crippen molar-refractivity contribution in [2.75, 3.05) is 0 Å². The van der Waals surface area contributed by atoms with Crippen molar-refractivity contribution in [1.29, 1.82) is 0 Å². The summed E-state index contributed by atoms with van der Waals surface area (Å²) in [6.45, 7) is 1.65. The smallest absolute Gasteiger partial charge is 0.124 e. The fourth-order valence-corrected chi connectivity index (χ4v) is 2.49. The van der Waals surface area contributed by atoms with Crippen molar-refractivity contribution < 1.29 is 4.39 Å². The topological polar surface area (TPSA) is 0 Å². The molecule has 0 saturated heterocycles. The predicted octanol–water partition coefficient (Wildman–Crippen LogP) is 4.19. The molecule has 2 heteroatoms. The van der Waals surface area contributed by atoms with Crippen LogP contribution in [0.4, 0.5) is 4.39 Å². The number of hydrogen-bond donors (Lipinski definition) is 0. The van der Waals surface area contributed by atoms with Crippen molar-refractivity contribution in [1.82, 2.24) is 0 Å². The molecule has 0 aliphatic heterocycles. The van der Waals surface area contributed by atoms with E-state index in [4.69, 9.17) is 0 Å². The van der Waals surface area contributed by atoms with E-state index in [0.29, 0.717) is 0 Å². The third-order valence-electron chi connectivity index (χ3n) is 2.23. The van der Waals surface area contributed by atoms with Crippen molar-refractivity contribution in [3.63, 3.8) is 0 Å². The molecule has 0 bridgehead atoms. The zero-order valence-electron chi connectivity index (χ0n) is 7.96. The maximum atomic E-state index is 12.7. The zero-order valence-corrected chi connectivity index (χ0v) is 8.77. The van der Waals surface area contributed by atoms with Gasteiger partial charge in [-0.05, 0) is 23.4 Å². The van der Waals surface area contributed by atoms with Crippen LogP contribution in [0, 0.1) is 6.92 Å². The van der Waals surface area contributed by atoms with E-state index in [0.717, 1.165) is 21.6 Å². The van der Waals surface area contributed by atoms with Gasteiger partial charge in [0.05, 0.1) is 0 Å². The van der Waals surface area contributed by atoms with E-state index in [9.17, 15) is 4.39 Å². The molecule has 1 aromatic carbocycles. The van der Waals surface area contributed by atoms with E-state index >= 15 is 0 Å². The summed E-state index contributed by atoms with van der Waals surface area (Å²) in [6.07, 6.45) is 0. The first-order chi connectivity index (χ1) is 6.83. The fourth-order valence-electron chi connectivity index (χ4n) is 1.59. The van der Waals surface area contributed by atoms with E-state index in [1.807, 2.05) is 42.6 Å². The summed E-state index contributed by atoms with van der Waals surface area (Å²) in [6, 6.07) is 9.98. The first kappa shape index (κ1) is 9.41. The lowest BCUT2D eigenvalue weighted by Gasteiger charge is -2.02. The summed E-state index contributed by atoms with van der Waals surface area (Å²) in [5, 5.41) is 2.01. The van der Waals surface area contributed by atoms with Crippen molar-refractivity contribution in [2.24, 2.45) is 0 Å². The fraction of sp³-hybridized carbons (Fsp3) is 0.167. The lowest BCUT2D eigenvalue weighted by Crippen LogP contribution is -1.81. The summed E-state index contributed by atoms with van der Waals surface area (Å²) in [7, 11) is 0. The standard InChI is InChI=1S/C12H11FS/c1-9-8-14-11(7-13)12(9)10-5-3-2-4-6-10/h2-6,8H,7H2,1H3. The van der Waals surface area contributed by atoms with Crippen LogP contribution in [-0.2, 0) is 6.67 Å². The van der Waals surface area contributed by atoms with Crippen molar-refractivity contribution in [2.45, 2.75) is 13.6 Å². The quantitative estimate of drug-likeness (QED) is 0.691. The predicted molar refractivity (Wildman–Crippen MR) is 59.3 cm³/mol. The number of benzene rings is 1. The van der Waals surface area contributed by atoms with Gasteiger partial charge in [-0.15, -0.1) is 11.3 Å². The van der Waals surface area contributed by atoms with Gasteiger partial charge in [0, 0.05) is 10.4 Å².